The number of benzene rings is 7. The van der Waals surface area contributed by atoms with E-state index >= 15 is 0 Å². The molecule has 3 nitrogen and oxygen atoms in total. The number of rotatable bonds is 3. The normalized spacial score (nSPS) is 20.1. The Morgan fingerprint density at radius 2 is 0.878 bits per heavy atom. The summed E-state index contributed by atoms with van der Waals surface area (Å²) in [5, 5.41) is 2.40. The summed E-state index contributed by atoms with van der Waals surface area (Å²) in [7, 11) is 0. The van der Waals surface area contributed by atoms with Crippen LogP contribution in [0.15, 0.2) is 126 Å². The van der Waals surface area contributed by atoms with Gasteiger partial charge < -0.3 is 14.2 Å². The fourth-order valence-corrected chi connectivity index (χ4v) is 14.6. The highest BCUT2D eigenvalue weighted by atomic mass is 16.3. The molecule has 0 saturated carbocycles. The summed E-state index contributed by atoms with van der Waals surface area (Å²) in [6.07, 6.45) is 7.01. The molecule has 0 atom stereocenters. The molecule has 74 heavy (non-hydrogen) atoms. The quantitative estimate of drug-likeness (QED) is 0.165. The molecular weight excluding hydrogens is 896 g/mol. The summed E-state index contributed by atoms with van der Waals surface area (Å²) in [5.41, 5.74) is 26.3. The first kappa shape index (κ1) is 47.7. The zero-order valence-corrected chi connectivity index (χ0v) is 47.2. The van der Waals surface area contributed by atoms with Crippen molar-refractivity contribution < 1.29 is 4.42 Å². The highest BCUT2D eigenvalue weighted by Gasteiger charge is 2.49. The van der Waals surface area contributed by atoms with Gasteiger partial charge in [0.25, 0.3) is 6.71 Å². The van der Waals surface area contributed by atoms with Gasteiger partial charge >= 0.3 is 0 Å². The van der Waals surface area contributed by atoms with E-state index in [1.54, 1.807) is 0 Å². The number of furan rings is 1. The molecule has 8 aromatic rings. The van der Waals surface area contributed by atoms with Gasteiger partial charge in [0.1, 0.15) is 11.2 Å². The van der Waals surface area contributed by atoms with Gasteiger partial charge in [0.2, 0.25) is 0 Å². The number of para-hydroxylation sites is 1. The molecule has 0 saturated heterocycles. The number of hydrogen-bond donors (Lipinski definition) is 0. The van der Waals surface area contributed by atoms with Crippen LogP contribution in [0.4, 0.5) is 34.1 Å². The van der Waals surface area contributed by atoms with Gasteiger partial charge in [0, 0.05) is 44.8 Å². The van der Waals surface area contributed by atoms with Crippen molar-refractivity contribution >= 4 is 79.2 Å². The molecule has 0 unspecified atom stereocenters. The summed E-state index contributed by atoms with van der Waals surface area (Å²) in [6.45, 7) is 36.7. The second-order valence-corrected chi connectivity index (χ2v) is 28.6. The van der Waals surface area contributed by atoms with Crippen molar-refractivity contribution in [3.63, 3.8) is 0 Å². The molecule has 13 rings (SSSR count). The van der Waals surface area contributed by atoms with Crippen LogP contribution in [0.3, 0.4) is 0 Å². The lowest BCUT2D eigenvalue weighted by Gasteiger charge is -2.48. The Morgan fingerprint density at radius 1 is 0.405 bits per heavy atom. The summed E-state index contributed by atoms with van der Waals surface area (Å²) in [5.74, 6) is 0. The molecule has 2 aliphatic heterocycles. The highest BCUT2D eigenvalue weighted by Crippen LogP contribution is 2.55. The summed E-state index contributed by atoms with van der Waals surface area (Å²) < 4.78 is 7.26. The maximum Gasteiger partial charge on any atom is 0.252 e. The third-order valence-electron chi connectivity index (χ3n) is 19.8. The molecule has 376 valence electrons. The maximum atomic E-state index is 7.26. The van der Waals surface area contributed by atoms with E-state index in [-0.39, 0.29) is 44.6 Å². The molecule has 0 radical (unpaired) electrons. The van der Waals surface area contributed by atoms with Crippen LogP contribution in [0, 0.1) is 0 Å². The van der Waals surface area contributed by atoms with Gasteiger partial charge in [0.05, 0.1) is 5.69 Å². The summed E-state index contributed by atoms with van der Waals surface area (Å²) in [4.78, 5) is 5.38. The van der Waals surface area contributed by atoms with Crippen molar-refractivity contribution in [3.05, 3.63) is 160 Å². The van der Waals surface area contributed by atoms with E-state index in [1.165, 1.54) is 131 Å². The van der Waals surface area contributed by atoms with Crippen molar-refractivity contribution in [2.24, 2.45) is 0 Å². The number of anilines is 6. The van der Waals surface area contributed by atoms with Crippen molar-refractivity contribution in [2.45, 2.75) is 180 Å². The van der Waals surface area contributed by atoms with Gasteiger partial charge in [-0.05, 0) is 198 Å². The minimum absolute atomic E-state index is 0.0207. The third-order valence-corrected chi connectivity index (χ3v) is 19.8. The lowest BCUT2D eigenvalue weighted by atomic mass is 9.33. The first-order chi connectivity index (χ1) is 34.8. The monoisotopic (exact) mass is 973 g/mol. The lowest BCUT2D eigenvalue weighted by molar-refractivity contribution is 0.332. The predicted molar refractivity (Wildman–Crippen MR) is 318 cm³/mol. The minimum atomic E-state index is -0.147. The molecule has 0 amide bonds. The van der Waals surface area contributed by atoms with Crippen LogP contribution in [0.2, 0.25) is 0 Å². The highest BCUT2D eigenvalue weighted by molar-refractivity contribution is 7.00. The predicted octanol–water partition coefficient (Wildman–Crippen LogP) is 17.7. The second kappa shape index (κ2) is 15.3. The van der Waals surface area contributed by atoms with Crippen LogP contribution in [0.5, 0.6) is 0 Å². The van der Waals surface area contributed by atoms with Crippen LogP contribution in [-0.4, -0.2) is 6.71 Å². The zero-order chi connectivity index (χ0) is 52.0. The molecule has 0 N–H and O–H groups in total. The van der Waals surface area contributed by atoms with Gasteiger partial charge in [-0.15, -0.1) is 0 Å². The van der Waals surface area contributed by atoms with Gasteiger partial charge in [-0.2, -0.15) is 0 Å². The van der Waals surface area contributed by atoms with Crippen LogP contribution < -0.4 is 26.2 Å². The van der Waals surface area contributed by atoms with Gasteiger partial charge in [0.15, 0.2) is 0 Å². The number of fused-ring (bicyclic) bond motifs is 10. The fraction of sp³-hybridized carbons (Fsp3) is 0.400. The van der Waals surface area contributed by atoms with Crippen molar-refractivity contribution in [3.8, 4) is 11.1 Å². The molecule has 4 heteroatoms. The van der Waals surface area contributed by atoms with Crippen LogP contribution in [0.25, 0.3) is 33.1 Å². The van der Waals surface area contributed by atoms with E-state index in [2.05, 4.69) is 235 Å². The Hall–Kier alpha value is -6.00. The van der Waals surface area contributed by atoms with E-state index in [9.17, 15) is 0 Å². The fourth-order valence-electron chi connectivity index (χ4n) is 14.6. The number of nitrogens with zero attached hydrogens (tertiary/aromatic N) is 2. The van der Waals surface area contributed by atoms with E-state index in [1.807, 2.05) is 0 Å². The average molecular weight is 973 g/mol. The Kier molecular flexibility index (Phi) is 9.88. The molecule has 1 aromatic heterocycles. The molecule has 3 heterocycles. The van der Waals surface area contributed by atoms with Crippen molar-refractivity contribution in [1.82, 2.24) is 0 Å². The second-order valence-electron chi connectivity index (χ2n) is 28.6. The standard InChI is InChI=1S/C70H77BN2O/c1-64(2,3)43-33-59-63-60(34-43)73(56-24-20-19-23-45(56)42-21-17-16-18-22-42)57-37-47-46-36-50-53(70(14,15)32-29-67(50,8)9)40-61(46)74-62(47)41-55(57)71(63)54-38-51-52(69(12,13)31-30-68(51,10)11)39-58(54)72(59)44-25-26-48-49(35-44)66(6,7)28-27-65(48,4)5/h16-26,33-41H,27-32H2,1-15H3. The van der Waals surface area contributed by atoms with Crippen LogP contribution in [0.1, 0.15) is 181 Å². The first-order valence-corrected chi connectivity index (χ1v) is 28.1. The largest absolute Gasteiger partial charge is 0.456 e. The van der Waals surface area contributed by atoms with Crippen LogP contribution >= 0.6 is 0 Å². The lowest BCUT2D eigenvalue weighted by Crippen LogP contribution is -2.62. The molecule has 0 fully saturated rings. The van der Waals surface area contributed by atoms with E-state index in [0.29, 0.717) is 0 Å². The molecule has 7 aromatic carbocycles. The number of hydrogen-bond acceptors (Lipinski definition) is 3. The molecule has 5 aliphatic rings. The minimum Gasteiger partial charge on any atom is -0.456 e. The Labute approximate surface area is 442 Å². The Bertz CT molecular complexity index is 3680. The maximum absolute atomic E-state index is 7.26. The van der Waals surface area contributed by atoms with E-state index in [4.69, 9.17) is 4.42 Å². The topological polar surface area (TPSA) is 19.6 Å². The van der Waals surface area contributed by atoms with E-state index in [0.717, 1.165) is 30.4 Å². The van der Waals surface area contributed by atoms with Gasteiger partial charge in [-0.25, -0.2) is 0 Å². The first-order valence-electron chi connectivity index (χ1n) is 28.1. The third kappa shape index (κ3) is 6.90. The SMILES string of the molecule is CC(C)(C)c1cc2c3c(c1)N(c1ccccc1-c1ccccc1)c1cc4c(cc1B3c1cc3c(cc1N2c1ccc2c(c1)C(C)(C)CCC2(C)C)C(C)(C)CCC3(C)C)oc1cc2c(cc14)C(C)(C)CCC2(C)C. The molecule has 0 bridgehead atoms. The molecule has 0 spiro atoms. The molecule has 3 aliphatic carbocycles. The summed E-state index contributed by atoms with van der Waals surface area (Å²) in [6, 6.07) is 48.2. The Morgan fingerprint density at radius 3 is 1.50 bits per heavy atom. The van der Waals surface area contributed by atoms with Crippen molar-refractivity contribution in [2.75, 3.05) is 9.80 Å². The van der Waals surface area contributed by atoms with Gasteiger partial charge in [-0.1, -0.05) is 165 Å². The van der Waals surface area contributed by atoms with Crippen molar-refractivity contribution in [1.29, 1.82) is 0 Å². The Balaban J connectivity index is 1.18. The smallest absolute Gasteiger partial charge is 0.252 e. The van der Waals surface area contributed by atoms with Gasteiger partial charge in [-0.3, -0.25) is 0 Å². The average Bonchev–Trinajstić information content (AvgIpc) is 3.71. The summed E-state index contributed by atoms with van der Waals surface area (Å²) >= 11 is 0. The zero-order valence-electron chi connectivity index (χ0n) is 47.2. The molecular formula is C70H77BN2O. The van der Waals surface area contributed by atoms with Crippen LogP contribution in [-0.2, 0) is 37.9 Å². The van der Waals surface area contributed by atoms with E-state index < -0.39 is 0 Å².